The third-order valence-corrected chi connectivity index (χ3v) is 4.37. The van der Waals surface area contributed by atoms with Gasteiger partial charge >= 0.3 is 5.97 Å². The quantitative estimate of drug-likeness (QED) is 0.499. The fourth-order valence-corrected chi connectivity index (χ4v) is 3.15. The molecule has 0 radical (unpaired) electrons. The van der Waals surface area contributed by atoms with Crippen molar-refractivity contribution in [2.45, 2.75) is 19.1 Å². The molecule has 2 atom stereocenters. The lowest BCUT2D eigenvalue weighted by atomic mass is 9.92. The number of ether oxygens (including phenoxy) is 1. The molecule has 134 valence electrons. The van der Waals surface area contributed by atoms with E-state index in [0.29, 0.717) is 16.8 Å². The SMILES string of the molecule is COC(=O)C1=C(C)N[C@H](c2ccccc2)N[C@@H]1c1ccccc1[N+](=O)[O-]. The Kier molecular flexibility index (Phi) is 4.99. The lowest BCUT2D eigenvalue weighted by Gasteiger charge is -2.35. The molecule has 2 aromatic rings. The number of benzene rings is 2. The summed E-state index contributed by atoms with van der Waals surface area (Å²) in [6.45, 7) is 1.77. The van der Waals surface area contributed by atoms with Gasteiger partial charge in [-0.2, -0.15) is 0 Å². The minimum Gasteiger partial charge on any atom is -0.466 e. The maximum absolute atomic E-state index is 12.4. The molecule has 2 aromatic carbocycles. The van der Waals surface area contributed by atoms with Crippen molar-refractivity contribution in [1.82, 2.24) is 10.6 Å². The fraction of sp³-hybridized carbons (Fsp3) is 0.211. The van der Waals surface area contributed by atoms with Crippen LogP contribution < -0.4 is 10.6 Å². The zero-order chi connectivity index (χ0) is 18.7. The normalized spacial score (nSPS) is 19.6. The summed E-state index contributed by atoms with van der Waals surface area (Å²) in [6.07, 6.45) is -0.297. The van der Waals surface area contributed by atoms with Crippen LogP contribution in [-0.4, -0.2) is 18.0 Å². The van der Waals surface area contributed by atoms with Crippen molar-refractivity contribution < 1.29 is 14.5 Å². The monoisotopic (exact) mass is 353 g/mol. The maximum atomic E-state index is 12.4. The third kappa shape index (κ3) is 3.29. The van der Waals surface area contributed by atoms with Crippen LogP contribution in [0.15, 0.2) is 65.9 Å². The molecular weight excluding hydrogens is 334 g/mol. The second-order valence-electron chi connectivity index (χ2n) is 5.93. The van der Waals surface area contributed by atoms with E-state index in [1.54, 1.807) is 25.1 Å². The van der Waals surface area contributed by atoms with E-state index >= 15 is 0 Å². The molecule has 0 aliphatic carbocycles. The number of carbonyl (C=O) groups excluding carboxylic acids is 1. The van der Waals surface area contributed by atoms with Crippen LogP contribution in [0, 0.1) is 10.1 Å². The van der Waals surface area contributed by atoms with Crippen molar-refractivity contribution in [3.05, 3.63) is 87.1 Å². The van der Waals surface area contributed by atoms with Crippen molar-refractivity contribution in [1.29, 1.82) is 0 Å². The van der Waals surface area contributed by atoms with E-state index in [0.717, 1.165) is 5.56 Å². The van der Waals surface area contributed by atoms with Crippen molar-refractivity contribution in [3.8, 4) is 0 Å². The van der Waals surface area contributed by atoms with Gasteiger partial charge in [-0.1, -0.05) is 48.5 Å². The number of nitro groups is 1. The Morgan fingerprint density at radius 2 is 1.77 bits per heavy atom. The second kappa shape index (κ2) is 7.37. The van der Waals surface area contributed by atoms with Crippen LogP contribution in [0.4, 0.5) is 5.69 Å². The average molecular weight is 353 g/mol. The Balaban J connectivity index is 2.11. The zero-order valence-electron chi connectivity index (χ0n) is 14.4. The number of nitro benzene ring substituents is 1. The summed E-state index contributed by atoms with van der Waals surface area (Å²) in [7, 11) is 1.29. The molecule has 1 heterocycles. The molecule has 1 aliphatic rings. The molecule has 0 unspecified atom stereocenters. The van der Waals surface area contributed by atoms with Crippen molar-refractivity contribution in [3.63, 3.8) is 0 Å². The highest BCUT2D eigenvalue weighted by atomic mass is 16.6. The maximum Gasteiger partial charge on any atom is 0.337 e. The summed E-state index contributed by atoms with van der Waals surface area (Å²) in [4.78, 5) is 23.4. The van der Waals surface area contributed by atoms with Crippen molar-refractivity contribution in [2.24, 2.45) is 0 Å². The summed E-state index contributed by atoms with van der Waals surface area (Å²) >= 11 is 0. The van der Waals surface area contributed by atoms with Gasteiger partial charge in [0.2, 0.25) is 0 Å². The van der Waals surface area contributed by atoms with Gasteiger partial charge in [0.1, 0.15) is 6.17 Å². The lowest BCUT2D eigenvalue weighted by molar-refractivity contribution is -0.385. The molecule has 0 amide bonds. The van der Waals surface area contributed by atoms with Crippen LogP contribution in [-0.2, 0) is 9.53 Å². The Hall–Kier alpha value is -3.19. The molecule has 0 bridgehead atoms. The van der Waals surface area contributed by atoms with Gasteiger partial charge in [0.25, 0.3) is 5.69 Å². The van der Waals surface area contributed by atoms with Gasteiger partial charge in [0.05, 0.1) is 29.2 Å². The van der Waals surface area contributed by atoms with Crippen LogP contribution in [0.2, 0.25) is 0 Å². The van der Waals surface area contributed by atoms with Crippen LogP contribution in [0.5, 0.6) is 0 Å². The highest BCUT2D eigenvalue weighted by Gasteiger charge is 2.36. The third-order valence-electron chi connectivity index (χ3n) is 4.37. The number of nitrogens with zero attached hydrogens (tertiary/aromatic N) is 1. The summed E-state index contributed by atoms with van der Waals surface area (Å²) < 4.78 is 4.91. The molecule has 7 nitrogen and oxygen atoms in total. The van der Waals surface area contributed by atoms with Crippen LogP contribution in [0.3, 0.4) is 0 Å². The van der Waals surface area contributed by atoms with E-state index in [9.17, 15) is 14.9 Å². The van der Waals surface area contributed by atoms with E-state index in [-0.39, 0.29) is 11.9 Å². The number of para-hydroxylation sites is 1. The van der Waals surface area contributed by atoms with Gasteiger partial charge in [-0.15, -0.1) is 0 Å². The van der Waals surface area contributed by atoms with E-state index in [1.165, 1.54) is 13.2 Å². The van der Waals surface area contributed by atoms with E-state index in [1.807, 2.05) is 30.3 Å². The van der Waals surface area contributed by atoms with Gasteiger partial charge in [-0.25, -0.2) is 4.79 Å². The largest absolute Gasteiger partial charge is 0.466 e. The van der Waals surface area contributed by atoms with Crippen molar-refractivity contribution >= 4 is 11.7 Å². The molecule has 0 aromatic heterocycles. The number of hydrogen-bond donors (Lipinski definition) is 2. The molecule has 1 aliphatic heterocycles. The summed E-state index contributed by atoms with van der Waals surface area (Å²) in [5.74, 6) is -0.530. The van der Waals surface area contributed by atoms with Crippen LogP contribution in [0.1, 0.15) is 30.3 Å². The Morgan fingerprint density at radius 1 is 1.12 bits per heavy atom. The molecular formula is C19H19N3O4. The first-order chi connectivity index (χ1) is 12.5. The molecule has 0 saturated heterocycles. The number of esters is 1. The number of hydrogen-bond acceptors (Lipinski definition) is 6. The molecule has 0 saturated carbocycles. The molecule has 0 fully saturated rings. The van der Waals surface area contributed by atoms with Crippen LogP contribution in [0.25, 0.3) is 0 Å². The molecule has 7 heteroatoms. The number of methoxy groups -OCH3 is 1. The summed E-state index contributed by atoms with van der Waals surface area (Å²) in [5, 5.41) is 18.0. The minimum atomic E-state index is -0.671. The van der Waals surface area contributed by atoms with Gasteiger partial charge in [0.15, 0.2) is 0 Å². The summed E-state index contributed by atoms with van der Waals surface area (Å²) in [5.41, 5.74) is 2.27. The zero-order valence-corrected chi connectivity index (χ0v) is 14.4. The first kappa shape index (κ1) is 17.6. The molecule has 3 rings (SSSR count). The van der Waals surface area contributed by atoms with Gasteiger partial charge in [-0.05, 0) is 12.5 Å². The lowest BCUT2D eigenvalue weighted by Crippen LogP contribution is -2.44. The van der Waals surface area contributed by atoms with E-state index < -0.39 is 16.9 Å². The highest BCUT2D eigenvalue weighted by molar-refractivity contribution is 5.91. The minimum absolute atomic E-state index is 0.0482. The average Bonchev–Trinajstić information content (AvgIpc) is 2.67. The first-order valence-electron chi connectivity index (χ1n) is 8.13. The van der Waals surface area contributed by atoms with Gasteiger partial charge in [-0.3, -0.25) is 15.4 Å². The van der Waals surface area contributed by atoms with E-state index in [4.69, 9.17) is 4.74 Å². The smallest absolute Gasteiger partial charge is 0.337 e. The first-order valence-corrected chi connectivity index (χ1v) is 8.13. The standard InChI is InChI=1S/C19H19N3O4/c1-12-16(19(23)26-2)17(14-10-6-7-11-15(14)22(24)25)21-18(20-12)13-8-4-3-5-9-13/h3-11,17-18,20-21H,1-2H3/t17-,18+/m1/s1. The number of carbonyl (C=O) groups is 1. The number of rotatable bonds is 4. The second-order valence-corrected chi connectivity index (χ2v) is 5.93. The Morgan fingerprint density at radius 3 is 2.42 bits per heavy atom. The van der Waals surface area contributed by atoms with Crippen LogP contribution >= 0.6 is 0 Å². The fourth-order valence-electron chi connectivity index (χ4n) is 3.15. The van der Waals surface area contributed by atoms with Crippen molar-refractivity contribution in [2.75, 3.05) is 7.11 Å². The van der Waals surface area contributed by atoms with Gasteiger partial charge in [0, 0.05) is 11.8 Å². The predicted molar refractivity (Wildman–Crippen MR) is 96.0 cm³/mol. The molecule has 2 N–H and O–H groups in total. The predicted octanol–water partition coefficient (Wildman–Crippen LogP) is 2.97. The molecule has 0 spiro atoms. The van der Waals surface area contributed by atoms with E-state index in [2.05, 4.69) is 10.6 Å². The highest BCUT2D eigenvalue weighted by Crippen LogP contribution is 2.36. The Bertz CT molecular complexity index is 864. The summed E-state index contributed by atoms with van der Waals surface area (Å²) in [6, 6.07) is 15.3. The Labute approximate surface area is 150 Å². The number of allylic oxidation sites excluding steroid dienone is 1. The number of nitrogens with one attached hydrogen (secondary N) is 2. The molecule has 26 heavy (non-hydrogen) atoms. The topological polar surface area (TPSA) is 93.5 Å². The van der Waals surface area contributed by atoms with Gasteiger partial charge < -0.3 is 10.1 Å².